The van der Waals surface area contributed by atoms with Gasteiger partial charge in [-0.05, 0) is 74.9 Å². The van der Waals surface area contributed by atoms with E-state index in [4.69, 9.17) is 10.8 Å². The monoisotopic (exact) mass is 680 g/mol. The quantitative estimate of drug-likeness (QED) is 0.221. The fourth-order valence-electron chi connectivity index (χ4n) is 5.92. The molecule has 0 aliphatic carbocycles. The first-order valence-electron chi connectivity index (χ1n) is 15.2. The van der Waals surface area contributed by atoms with E-state index in [1.807, 2.05) is 0 Å². The second-order valence-corrected chi connectivity index (χ2v) is 13.1. The summed E-state index contributed by atoms with van der Waals surface area (Å²) in [7, 11) is 0.382. The molecule has 0 spiro atoms. The maximum absolute atomic E-state index is 13.6. The molecule has 1 fully saturated rings. The molecule has 0 radical (unpaired) electrons. The molecule has 47 heavy (non-hydrogen) atoms. The SMILES string of the molecule is CNCc1cc(-c2nn(CC(O)CN3CCC(C(N)=O)CC3)c3c2CN(S(C)=O)CC3)ccc1C(F)(F)F.O=Cc1ccc(F)cc1. The Hall–Kier alpha value is -3.50. The highest BCUT2D eigenvalue weighted by molar-refractivity contribution is 7.81. The number of benzene rings is 2. The lowest BCUT2D eigenvalue weighted by atomic mass is 9.96. The zero-order valence-electron chi connectivity index (χ0n) is 26.3. The lowest BCUT2D eigenvalue weighted by molar-refractivity contribution is -0.138. The molecule has 3 heterocycles. The lowest BCUT2D eigenvalue weighted by Gasteiger charge is -2.32. The zero-order valence-corrected chi connectivity index (χ0v) is 27.1. The van der Waals surface area contributed by atoms with E-state index in [1.165, 1.54) is 36.4 Å². The number of nitrogens with two attached hydrogens (primary N) is 1. The van der Waals surface area contributed by atoms with E-state index >= 15 is 0 Å². The van der Waals surface area contributed by atoms with Crippen LogP contribution in [0, 0.1) is 11.7 Å². The molecule has 4 N–H and O–H groups in total. The summed E-state index contributed by atoms with van der Waals surface area (Å²) in [4.78, 5) is 23.5. The van der Waals surface area contributed by atoms with Crippen molar-refractivity contribution in [3.8, 4) is 11.3 Å². The number of carbonyl (C=O) groups excluding carboxylic acids is 2. The molecule has 3 aromatic rings. The summed E-state index contributed by atoms with van der Waals surface area (Å²) in [6, 6.07) is 9.39. The maximum atomic E-state index is 13.6. The number of nitrogens with zero attached hydrogens (tertiary/aromatic N) is 4. The van der Waals surface area contributed by atoms with Crippen molar-refractivity contribution in [3.63, 3.8) is 0 Å². The highest BCUT2D eigenvalue weighted by Gasteiger charge is 2.34. The third-order valence-electron chi connectivity index (χ3n) is 8.36. The van der Waals surface area contributed by atoms with Crippen LogP contribution >= 0.6 is 0 Å². The molecular weight excluding hydrogens is 640 g/mol. The normalized spacial score (nSPS) is 17.3. The molecule has 2 aliphatic rings. The fourth-order valence-corrected chi connectivity index (χ4v) is 6.58. The number of fused-ring (bicyclic) bond motifs is 1. The Morgan fingerprint density at radius 2 is 1.83 bits per heavy atom. The Balaban J connectivity index is 0.000000479. The number of nitrogens with one attached hydrogen (secondary N) is 1. The van der Waals surface area contributed by atoms with Gasteiger partial charge in [0.05, 0.1) is 34.9 Å². The van der Waals surface area contributed by atoms with E-state index in [0.717, 1.165) is 17.3 Å². The number of amides is 1. The molecule has 5 rings (SSSR count). The first-order valence-corrected chi connectivity index (χ1v) is 16.7. The van der Waals surface area contributed by atoms with Crippen molar-refractivity contribution >= 4 is 23.2 Å². The van der Waals surface area contributed by atoms with Gasteiger partial charge < -0.3 is 21.1 Å². The lowest BCUT2D eigenvalue weighted by Crippen LogP contribution is -2.43. The largest absolute Gasteiger partial charge is 0.416 e. The van der Waals surface area contributed by atoms with E-state index in [0.29, 0.717) is 75.1 Å². The summed E-state index contributed by atoms with van der Waals surface area (Å²) in [5.74, 6) is -0.739. The first-order chi connectivity index (χ1) is 22.3. The third kappa shape index (κ3) is 9.54. The summed E-state index contributed by atoms with van der Waals surface area (Å²) in [5.41, 5.74) is 8.12. The molecule has 2 aliphatic heterocycles. The average Bonchev–Trinajstić information content (AvgIpc) is 3.38. The maximum Gasteiger partial charge on any atom is 0.416 e. The van der Waals surface area contributed by atoms with Gasteiger partial charge in [0, 0.05) is 67.2 Å². The van der Waals surface area contributed by atoms with Gasteiger partial charge in [-0.2, -0.15) is 18.3 Å². The fraction of sp³-hybridized carbons (Fsp3) is 0.469. The minimum atomic E-state index is -4.48. The Labute approximate surface area is 273 Å². The standard InChI is InChI=1S/C25H35F3N6O3S.C7H5FO/c1-30-12-18-11-17(3-4-21(18)25(26,27)28)23-20-15-33(38(2)37)10-7-22(20)34(31-23)14-19(35)13-32-8-5-16(6-9-32)24(29)36;8-7-3-1-6(5-9)2-4-7/h3-4,11,16,19,30,35H,5-10,12-15H2,1-2H3,(H2,29,36);1-5H. The number of aliphatic hydroxyl groups excluding tert-OH is 1. The molecule has 1 aromatic heterocycles. The number of halogens is 4. The zero-order chi connectivity index (χ0) is 34.3. The number of aromatic nitrogens is 2. The number of likely N-dealkylation sites (tertiary alicyclic amines) is 1. The molecule has 0 saturated carbocycles. The van der Waals surface area contributed by atoms with Gasteiger partial charge in [-0.15, -0.1) is 0 Å². The van der Waals surface area contributed by atoms with E-state index in [9.17, 15) is 36.5 Å². The Morgan fingerprint density at radius 1 is 1.15 bits per heavy atom. The van der Waals surface area contributed by atoms with Crippen LogP contribution in [0.3, 0.4) is 0 Å². The van der Waals surface area contributed by atoms with Crippen molar-refractivity contribution < 1.29 is 36.5 Å². The average molecular weight is 681 g/mol. The first kappa shape index (κ1) is 36.3. The summed E-state index contributed by atoms with van der Waals surface area (Å²) < 4.78 is 68.6. The predicted molar refractivity (Wildman–Crippen MR) is 170 cm³/mol. The topological polar surface area (TPSA) is 134 Å². The van der Waals surface area contributed by atoms with Crippen molar-refractivity contribution in [2.24, 2.45) is 11.7 Å². The number of aldehydes is 1. The number of primary amides is 1. The van der Waals surface area contributed by atoms with Crippen molar-refractivity contribution in [2.75, 3.05) is 39.5 Å². The second kappa shape index (κ2) is 16.1. The molecule has 15 heteroatoms. The van der Waals surface area contributed by atoms with Gasteiger partial charge in [0.1, 0.15) is 12.1 Å². The van der Waals surface area contributed by atoms with Crippen LogP contribution in [0.2, 0.25) is 0 Å². The van der Waals surface area contributed by atoms with Crippen molar-refractivity contribution in [1.82, 2.24) is 24.3 Å². The number of aliphatic hydroxyl groups is 1. The number of β-amino-alcohol motifs (C(OH)–C–C–N with tert-alkyl or cyclic N) is 1. The van der Waals surface area contributed by atoms with Crippen LogP contribution in [0.1, 0.15) is 45.6 Å². The van der Waals surface area contributed by atoms with Gasteiger partial charge in [-0.3, -0.25) is 14.3 Å². The molecule has 256 valence electrons. The van der Waals surface area contributed by atoms with Crippen molar-refractivity contribution in [1.29, 1.82) is 0 Å². The van der Waals surface area contributed by atoms with Gasteiger partial charge in [-0.1, -0.05) is 6.07 Å². The van der Waals surface area contributed by atoms with Crippen LogP contribution in [0.4, 0.5) is 17.6 Å². The van der Waals surface area contributed by atoms with Crippen LogP contribution < -0.4 is 11.1 Å². The van der Waals surface area contributed by atoms with Crippen LogP contribution in [0.25, 0.3) is 11.3 Å². The van der Waals surface area contributed by atoms with Gasteiger partial charge in [0.25, 0.3) is 0 Å². The molecule has 0 bridgehead atoms. The Bertz CT molecular complexity index is 1560. The summed E-state index contributed by atoms with van der Waals surface area (Å²) in [6.45, 7) is 2.92. The van der Waals surface area contributed by atoms with Crippen molar-refractivity contribution in [3.05, 3.63) is 76.2 Å². The molecule has 1 amide bonds. The minimum Gasteiger partial charge on any atom is -0.390 e. The predicted octanol–water partition coefficient (Wildman–Crippen LogP) is 3.14. The van der Waals surface area contributed by atoms with Crippen LogP contribution in [-0.4, -0.2) is 86.1 Å². The Morgan fingerprint density at radius 3 is 2.40 bits per heavy atom. The van der Waals surface area contributed by atoms with E-state index < -0.39 is 28.8 Å². The molecule has 2 atom stereocenters. The number of rotatable bonds is 10. The molecule has 2 aromatic carbocycles. The van der Waals surface area contributed by atoms with Crippen LogP contribution in [0.15, 0.2) is 42.5 Å². The highest BCUT2D eigenvalue weighted by Crippen LogP contribution is 2.36. The van der Waals surface area contributed by atoms with Crippen LogP contribution in [0.5, 0.6) is 0 Å². The number of piperidine rings is 1. The minimum absolute atomic E-state index is 0.0435. The second-order valence-electron chi connectivity index (χ2n) is 11.7. The number of hydrogen-bond donors (Lipinski definition) is 3. The molecule has 1 saturated heterocycles. The van der Waals surface area contributed by atoms with Crippen LogP contribution in [-0.2, 0) is 48.0 Å². The van der Waals surface area contributed by atoms with E-state index in [2.05, 4.69) is 10.2 Å². The van der Waals surface area contributed by atoms with E-state index in [1.54, 1.807) is 22.3 Å². The molecule has 2 unspecified atom stereocenters. The van der Waals surface area contributed by atoms with Gasteiger partial charge in [0.2, 0.25) is 5.91 Å². The summed E-state index contributed by atoms with van der Waals surface area (Å²) in [6.07, 6.45) is -1.05. The third-order valence-corrected chi connectivity index (χ3v) is 9.40. The van der Waals surface area contributed by atoms with Gasteiger partial charge >= 0.3 is 6.18 Å². The number of carbonyl (C=O) groups is 2. The summed E-state index contributed by atoms with van der Waals surface area (Å²) >= 11 is 0. The van der Waals surface area contributed by atoms with Gasteiger partial charge in [0.15, 0.2) is 0 Å². The summed E-state index contributed by atoms with van der Waals surface area (Å²) in [5, 5.41) is 18.5. The number of alkyl halides is 3. The highest BCUT2D eigenvalue weighted by atomic mass is 32.2. The number of hydrogen-bond acceptors (Lipinski definition) is 7. The van der Waals surface area contributed by atoms with Crippen molar-refractivity contribution in [2.45, 2.75) is 51.2 Å². The Kier molecular flexibility index (Phi) is 12.4. The molecular formula is C32H40F4N6O4S. The van der Waals surface area contributed by atoms with Gasteiger partial charge in [-0.25, -0.2) is 12.9 Å². The molecule has 10 nitrogen and oxygen atoms in total. The van der Waals surface area contributed by atoms with E-state index in [-0.39, 0.29) is 36.3 Å². The smallest absolute Gasteiger partial charge is 0.390 e.